The lowest BCUT2D eigenvalue weighted by Crippen LogP contribution is -2.30. The molecule has 0 saturated carbocycles. The molecule has 1 aromatic carbocycles. The molecule has 1 aromatic rings. The van der Waals surface area contributed by atoms with Crippen molar-refractivity contribution in [2.24, 2.45) is 0 Å². The van der Waals surface area contributed by atoms with Crippen LogP contribution in [0.5, 0.6) is 0 Å². The van der Waals surface area contributed by atoms with Crippen LogP contribution in [0.25, 0.3) is 0 Å². The summed E-state index contributed by atoms with van der Waals surface area (Å²) in [7, 11) is -3.24. The zero-order valence-electron chi connectivity index (χ0n) is 10.9. The van der Waals surface area contributed by atoms with Gasteiger partial charge in [0.1, 0.15) is 0 Å². The van der Waals surface area contributed by atoms with E-state index in [1.54, 1.807) is 0 Å². The molecule has 0 aliphatic heterocycles. The lowest BCUT2D eigenvalue weighted by molar-refractivity contribution is 0.547. The highest BCUT2D eigenvalue weighted by Crippen LogP contribution is 2.20. The Kier molecular flexibility index (Phi) is 7.36. The number of benzene rings is 1. The van der Waals surface area contributed by atoms with Crippen LogP contribution in [0, 0.1) is 0 Å². The Hall–Kier alpha value is -0.100. The van der Waals surface area contributed by atoms with Gasteiger partial charge in [-0.1, -0.05) is 35.0 Å². The Labute approximate surface area is 128 Å². The van der Waals surface area contributed by atoms with E-state index in [1.807, 2.05) is 31.2 Å². The maximum absolute atomic E-state index is 12.0. The number of unbranched alkanes of at least 4 members (excludes halogenated alkanes) is 1. The number of hydrogen-bond acceptors (Lipinski definition) is 2. The third-order valence-electron chi connectivity index (χ3n) is 2.80. The lowest BCUT2D eigenvalue weighted by atomic mass is 10.1. The van der Waals surface area contributed by atoms with Gasteiger partial charge < -0.3 is 0 Å². The summed E-state index contributed by atoms with van der Waals surface area (Å²) in [5, 5.41) is 0. The van der Waals surface area contributed by atoms with Crippen molar-refractivity contribution < 1.29 is 8.42 Å². The number of hydrogen-bond donors (Lipinski definition) is 1. The van der Waals surface area contributed by atoms with Gasteiger partial charge in [0.15, 0.2) is 0 Å². The van der Waals surface area contributed by atoms with Crippen molar-refractivity contribution in [1.29, 1.82) is 0 Å². The van der Waals surface area contributed by atoms with Crippen molar-refractivity contribution in [3.05, 3.63) is 34.3 Å². The van der Waals surface area contributed by atoms with Gasteiger partial charge in [-0.15, -0.1) is 11.6 Å². The average molecular weight is 369 g/mol. The van der Waals surface area contributed by atoms with Crippen LogP contribution in [0.4, 0.5) is 0 Å². The molecule has 0 aliphatic rings. The molecule has 19 heavy (non-hydrogen) atoms. The second-order valence-electron chi connectivity index (χ2n) is 4.35. The van der Waals surface area contributed by atoms with Crippen LogP contribution >= 0.6 is 27.5 Å². The molecule has 0 saturated heterocycles. The van der Waals surface area contributed by atoms with E-state index in [1.165, 1.54) is 0 Å². The van der Waals surface area contributed by atoms with Gasteiger partial charge in [-0.3, -0.25) is 0 Å². The number of sulfonamides is 1. The maximum atomic E-state index is 12.0. The highest BCUT2D eigenvalue weighted by atomic mass is 79.9. The normalized spacial score (nSPS) is 13.4. The minimum Gasteiger partial charge on any atom is -0.212 e. The monoisotopic (exact) mass is 367 g/mol. The second-order valence-corrected chi connectivity index (χ2v) is 7.51. The first-order valence-electron chi connectivity index (χ1n) is 6.30. The molecule has 108 valence electrons. The van der Waals surface area contributed by atoms with Gasteiger partial charge in [-0.25, -0.2) is 13.1 Å². The number of alkyl halides is 1. The van der Waals surface area contributed by atoms with Crippen molar-refractivity contribution in [2.45, 2.75) is 32.2 Å². The van der Waals surface area contributed by atoms with Gasteiger partial charge >= 0.3 is 0 Å². The van der Waals surface area contributed by atoms with Gasteiger partial charge in [0, 0.05) is 16.4 Å². The quantitative estimate of drug-likeness (QED) is 0.560. The summed E-state index contributed by atoms with van der Waals surface area (Å²) in [6, 6.07) is 7.52. The van der Waals surface area contributed by atoms with Crippen LogP contribution in [-0.4, -0.2) is 20.1 Å². The van der Waals surface area contributed by atoms with Crippen LogP contribution < -0.4 is 4.72 Å². The van der Waals surface area contributed by atoms with E-state index < -0.39 is 10.0 Å². The summed E-state index contributed by atoms with van der Waals surface area (Å²) in [6.45, 7) is 1.97. The fourth-order valence-electron chi connectivity index (χ4n) is 1.74. The van der Waals surface area contributed by atoms with E-state index in [0.29, 0.717) is 12.3 Å². The van der Waals surface area contributed by atoms with Crippen LogP contribution in [0.15, 0.2) is 28.7 Å². The van der Waals surface area contributed by atoms with Gasteiger partial charge in [0.05, 0.1) is 5.75 Å². The van der Waals surface area contributed by atoms with Crippen molar-refractivity contribution in [2.75, 3.05) is 11.6 Å². The molecule has 0 spiro atoms. The molecule has 1 atom stereocenters. The molecule has 0 bridgehead atoms. The van der Waals surface area contributed by atoms with Crippen LogP contribution in [0.2, 0.25) is 0 Å². The van der Waals surface area contributed by atoms with Crippen molar-refractivity contribution >= 4 is 37.6 Å². The van der Waals surface area contributed by atoms with E-state index in [0.717, 1.165) is 22.9 Å². The van der Waals surface area contributed by atoms with E-state index in [-0.39, 0.29) is 11.8 Å². The Morgan fingerprint density at radius 1 is 1.26 bits per heavy atom. The predicted octanol–water partition coefficient (Wildman–Crippen LogP) is 3.84. The Morgan fingerprint density at radius 2 is 1.89 bits per heavy atom. The van der Waals surface area contributed by atoms with Gasteiger partial charge in [-0.05, 0) is 37.0 Å². The number of nitrogens with one attached hydrogen (secondary N) is 1. The minimum atomic E-state index is -3.24. The number of rotatable bonds is 8. The highest BCUT2D eigenvalue weighted by Gasteiger charge is 2.17. The molecular weight excluding hydrogens is 350 g/mol. The third kappa shape index (κ3) is 6.25. The summed E-state index contributed by atoms with van der Waals surface area (Å²) in [5.41, 5.74) is 0.978. The zero-order valence-corrected chi connectivity index (χ0v) is 14.1. The van der Waals surface area contributed by atoms with E-state index in [4.69, 9.17) is 11.6 Å². The summed E-state index contributed by atoms with van der Waals surface area (Å²) in [5.74, 6) is 0.631. The van der Waals surface area contributed by atoms with Gasteiger partial charge in [0.25, 0.3) is 0 Å². The smallest absolute Gasteiger partial charge is 0.212 e. The Balaban J connectivity index is 2.68. The van der Waals surface area contributed by atoms with E-state index >= 15 is 0 Å². The molecule has 0 fully saturated rings. The SMILES string of the molecule is CCC(NS(=O)(=O)CCCCCl)c1ccc(Br)cc1. The largest absolute Gasteiger partial charge is 0.212 e. The summed E-state index contributed by atoms with van der Waals surface area (Å²) >= 11 is 8.92. The molecule has 3 nitrogen and oxygen atoms in total. The third-order valence-corrected chi connectivity index (χ3v) is 5.06. The van der Waals surface area contributed by atoms with Crippen LogP contribution in [-0.2, 0) is 10.0 Å². The Bertz CT molecular complexity index is 476. The maximum Gasteiger partial charge on any atom is 0.212 e. The van der Waals surface area contributed by atoms with Crippen LogP contribution in [0.1, 0.15) is 37.8 Å². The molecule has 0 radical (unpaired) electrons. The van der Waals surface area contributed by atoms with Crippen molar-refractivity contribution in [1.82, 2.24) is 4.72 Å². The second kappa shape index (κ2) is 8.25. The van der Waals surface area contributed by atoms with Crippen LogP contribution in [0.3, 0.4) is 0 Å². The molecule has 1 N–H and O–H groups in total. The molecule has 0 amide bonds. The molecular formula is C13H19BrClNO2S. The first kappa shape index (κ1) is 17.0. The molecule has 1 unspecified atom stereocenters. The molecule has 1 rings (SSSR count). The fraction of sp³-hybridized carbons (Fsp3) is 0.538. The Morgan fingerprint density at radius 3 is 2.42 bits per heavy atom. The fourth-order valence-corrected chi connectivity index (χ4v) is 3.64. The first-order valence-corrected chi connectivity index (χ1v) is 9.28. The van der Waals surface area contributed by atoms with E-state index in [2.05, 4.69) is 20.7 Å². The van der Waals surface area contributed by atoms with Gasteiger partial charge in [-0.2, -0.15) is 0 Å². The highest BCUT2D eigenvalue weighted by molar-refractivity contribution is 9.10. The van der Waals surface area contributed by atoms with Crippen molar-refractivity contribution in [3.63, 3.8) is 0 Å². The predicted molar refractivity (Wildman–Crippen MR) is 84.1 cm³/mol. The summed E-state index contributed by atoms with van der Waals surface area (Å²) in [4.78, 5) is 0. The topological polar surface area (TPSA) is 46.2 Å². The first-order chi connectivity index (χ1) is 8.98. The summed E-state index contributed by atoms with van der Waals surface area (Å²) < 4.78 is 27.6. The molecule has 0 aliphatic carbocycles. The molecule has 6 heteroatoms. The molecule has 0 aromatic heterocycles. The number of halogens is 2. The summed E-state index contributed by atoms with van der Waals surface area (Å²) in [6.07, 6.45) is 2.03. The van der Waals surface area contributed by atoms with Crippen molar-refractivity contribution in [3.8, 4) is 0 Å². The van der Waals surface area contributed by atoms with Gasteiger partial charge in [0.2, 0.25) is 10.0 Å². The minimum absolute atomic E-state index is 0.132. The standard InChI is InChI=1S/C13H19BrClNO2S/c1-2-13(11-5-7-12(14)8-6-11)16-19(17,18)10-4-3-9-15/h5-8,13,16H,2-4,9-10H2,1H3. The molecule has 0 heterocycles. The van der Waals surface area contributed by atoms with E-state index in [9.17, 15) is 8.42 Å². The lowest BCUT2D eigenvalue weighted by Gasteiger charge is -2.17. The average Bonchev–Trinajstić information content (AvgIpc) is 2.37. The zero-order chi connectivity index (χ0) is 14.3.